The van der Waals surface area contributed by atoms with Crippen molar-refractivity contribution >= 4 is 39.2 Å². The van der Waals surface area contributed by atoms with Crippen molar-refractivity contribution in [1.29, 1.82) is 0 Å². The number of nitrogens with one attached hydrogen (secondary N) is 2. The Morgan fingerprint density at radius 1 is 1.33 bits per heavy atom. The van der Waals surface area contributed by atoms with Crippen LogP contribution in [0.15, 0.2) is 29.2 Å². The highest BCUT2D eigenvalue weighted by Crippen LogP contribution is 2.34. The number of carbonyl (C=O) groups excluding carboxylic acids is 1. The number of amides is 1. The maximum Gasteiger partial charge on any atom is 0.259 e. The van der Waals surface area contributed by atoms with Gasteiger partial charge in [0.05, 0.1) is 23.4 Å². The van der Waals surface area contributed by atoms with E-state index in [4.69, 9.17) is 0 Å². The SMILES string of the molecule is O=C(CCSCc1nc2sc3c(c2c(=O)[nH]1)CCC3)NCc1ccccn1. The van der Waals surface area contributed by atoms with Crippen molar-refractivity contribution < 1.29 is 4.79 Å². The van der Waals surface area contributed by atoms with E-state index in [0.29, 0.717) is 30.3 Å². The van der Waals surface area contributed by atoms with Crippen LogP contribution >= 0.6 is 23.1 Å². The van der Waals surface area contributed by atoms with E-state index in [1.807, 2.05) is 18.2 Å². The molecule has 0 atom stereocenters. The molecule has 0 saturated carbocycles. The van der Waals surface area contributed by atoms with E-state index >= 15 is 0 Å². The van der Waals surface area contributed by atoms with Crippen LogP contribution in [0.5, 0.6) is 0 Å². The summed E-state index contributed by atoms with van der Waals surface area (Å²) >= 11 is 3.25. The number of aromatic nitrogens is 3. The lowest BCUT2D eigenvalue weighted by Crippen LogP contribution is -2.23. The molecule has 0 aromatic carbocycles. The summed E-state index contributed by atoms with van der Waals surface area (Å²) < 4.78 is 0. The fourth-order valence-electron chi connectivity index (χ4n) is 3.23. The molecule has 0 unspecified atom stereocenters. The van der Waals surface area contributed by atoms with Crippen LogP contribution in [-0.4, -0.2) is 26.6 Å². The summed E-state index contributed by atoms with van der Waals surface area (Å²) in [4.78, 5) is 38.2. The van der Waals surface area contributed by atoms with Crippen molar-refractivity contribution in [1.82, 2.24) is 20.3 Å². The van der Waals surface area contributed by atoms with Crippen LogP contribution in [-0.2, 0) is 29.9 Å². The second-order valence-corrected chi connectivity index (χ2v) is 8.64. The quantitative estimate of drug-likeness (QED) is 0.596. The van der Waals surface area contributed by atoms with Crippen molar-refractivity contribution in [2.24, 2.45) is 0 Å². The minimum Gasteiger partial charge on any atom is -0.350 e. The van der Waals surface area contributed by atoms with Gasteiger partial charge >= 0.3 is 0 Å². The molecule has 8 heteroatoms. The van der Waals surface area contributed by atoms with Crippen molar-refractivity contribution in [3.63, 3.8) is 0 Å². The number of H-pyrrole nitrogens is 1. The zero-order chi connectivity index (χ0) is 18.6. The molecule has 0 fully saturated rings. The molecule has 6 nitrogen and oxygen atoms in total. The van der Waals surface area contributed by atoms with Crippen molar-refractivity contribution in [3.05, 3.63) is 56.7 Å². The van der Waals surface area contributed by atoms with Crippen LogP contribution < -0.4 is 10.9 Å². The van der Waals surface area contributed by atoms with Gasteiger partial charge in [-0.1, -0.05) is 6.07 Å². The zero-order valence-corrected chi connectivity index (χ0v) is 16.4. The summed E-state index contributed by atoms with van der Waals surface area (Å²) in [6.45, 7) is 0.443. The molecule has 3 aromatic rings. The highest BCUT2D eigenvalue weighted by molar-refractivity contribution is 7.98. The van der Waals surface area contributed by atoms with Gasteiger partial charge in [-0.15, -0.1) is 11.3 Å². The molecule has 3 heterocycles. The van der Waals surface area contributed by atoms with Crippen LogP contribution in [0, 0.1) is 0 Å². The Hall–Kier alpha value is -2.19. The Bertz CT molecular complexity index is 1010. The topological polar surface area (TPSA) is 87.7 Å². The fourth-order valence-corrected chi connectivity index (χ4v) is 5.31. The number of fused-ring (bicyclic) bond motifs is 3. The first kappa shape index (κ1) is 18.2. The number of pyridine rings is 1. The molecule has 0 saturated heterocycles. The van der Waals surface area contributed by atoms with Crippen LogP contribution in [0.4, 0.5) is 0 Å². The molecule has 3 aromatic heterocycles. The van der Waals surface area contributed by atoms with E-state index in [1.165, 1.54) is 10.4 Å². The van der Waals surface area contributed by atoms with Gasteiger partial charge in [-0.25, -0.2) is 4.98 Å². The first-order chi connectivity index (χ1) is 13.2. The third kappa shape index (κ3) is 4.22. The minimum absolute atomic E-state index is 0.000241. The first-order valence-corrected chi connectivity index (χ1v) is 11.0. The fraction of sp³-hybridized carbons (Fsp3) is 0.368. The monoisotopic (exact) mass is 400 g/mol. The lowest BCUT2D eigenvalue weighted by atomic mass is 10.2. The smallest absolute Gasteiger partial charge is 0.259 e. The molecule has 1 aliphatic carbocycles. The normalized spacial score (nSPS) is 13.0. The standard InChI is InChI=1S/C19H20N4O2S2/c24-16(21-10-12-4-1-2-8-20-12)7-9-26-11-15-22-18(25)17-13-5-3-6-14(13)27-19(17)23-15/h1-2,4,8H,3,5-7,9-11H2,(H,21,24)(H,22,23,25). The number of hydrogen-bond acceptors (Lipinski definition) is 6. The number of aromatic amines is 1. The summed E-state index contributed by atoms with van der Waals surface area (Å²) in [7, 11) is 0. The highest BCUT2D eigenvalue weighted by Gasteiger charge is 2.21. The van der Waals surface area contributed by atoms with E-state index in [-0.39, 0.29) is 11.5 Å². The van der Waals surface area contributed by atoms with Crippen LogP contribution in [0.25, 0.3) is 10.2 Å². The zero-order valence-electron chi connectivity index (χ0n) is 14.8. The van der Waals surface area contributed by atoms with Gasteiger partial charge in [0, 0.05) is 23.2 Å². The van der Waals surface area contributed by atoms with E-state index in [0.717, 1.165) is 35.2 Å². The van der Waals surface area contributed by atoms with Gasteiger partial charge in [-0.05, 0) is 37.0 Å². The molecule has 0 bridgehead atoms. The van der Waals surface area contributed by atoms with Crippen LogP contribution in [0.1, 0.15) is 34.8 Å². The van der Waals surface area contributed by atoms with Gasteiger partial charge in [-0.3, -0.25) is 14.6 Å². The van der Waals surface area contributed by atoms with Gasteiger partial charge in [0.1, 0.15) is 10.7 Å². The molecular formula is C19H20N4O2S2. The Labute approximate surface area is 164 Å². The molecule has 0 radical (unpaired) electrons. The molecule has 1 aliphatic rings. The highest BCUT2D eigenvalue weighted by atomic mass is 32.2. The summed E-state index contributed by atoms with van der Waals surface area (Å²) in [5.74, 6) is 1.96. The third-order valence-electron chi connectivity index (χ3n) is 4.53. The summed E-state index contributed by atoms with van der Waals surface area (Å²) in [5.41, 5.74) is 2.02. The van der Waals surface area contributed by atoms with E-state index < -0.39 is 0 Å². The average Bonchev–Trinajstić information content (AvgIpc) is 3.25. The molecular weight excluding hydrogens is 380 g/mol. The van der Waals surface area contributed by atoms with Crippen molar-refractivity contribution in [3.8, 4) is 0 Å². The molecule has 27 heavy (non-hydrogen) atoms. The first-order valence-electron chi connectivity index (χ1n) is 8.98. The van der Waals surface area contributed by atoms with Gasteiger partial charge in [0.2, 0.25) is 5.91 Å². The maximum absolute atomic E-state index is 12.4. The van der Waals surface area contributed by atoms with Gasteiger partial charge in [0.15, 0.2) is 0 Å². The average molecular weight is 401 g/mol. The summed E-state index contributed by atoms with van der Waals surface area (Å²) in [5, 5.41) is 3.65. The Morgan fingerprint density at radius 2 is 2.26 bits per heavy atom. The second kappa shape index (κ2) is 8.22. The minimum atomic E-state index is -0.0249. The van der Waals surface area contributed by atoms with Crippen molar-refractivity contribution in [2.45, 2.75) is 38.0 Å². The molecule has 2 N–H and O–H groups in total. The Balaban J connectivity index is 1.27. The predicted molar refractivity (Wildman–Crippen MR) is 109 cm³/mol. The number of hydrogen-bond donors (Lipinski definition) is 2. The second-order valence-electron chi connectivity index (χ2n) is 6.45. The summed E-state index contributed by atoms with van der Waals surface area (Å²) in [6.07, 6.45) is 5.33. The molecule has 0 aliphatic heterocycles. The van der Waals surface area contributed by atoms with Crippen molar-refractivity contribution in [2.75, 3.05) is 5.75 Å². The molecule has 4 rings (SSSR count). The Kier molecular flexibility index (Phi) is 5.54. The third-order valence-corrected chi connectivity index (χ3v) is 6.69. The van der Waals surface area contributed by atoms with Gasteiger partial charge in [-0.2, -0.15) is 11.8 Å². The lowest BCUT2D eigenvalue weighted by molar-refractivity contribution is -0.120. The van der Waals surface area contributed by atoms with E-state index in [2.05, 4.69) is 20.3 Å². The van der Waals surface area contributed by atoms with Gasteiger partial charge in [0.25, 0.3) is 5.56 Å². The predicted octanol–water partition coefficient (Wildman–Crippen LogP) is 2.81. The largest absolute Gasteiger partial charge is 0.350 e. The molecule has 0 spiro atoms. The summed E-state index contributed by atoms with van der Waals surface area (Å²) in [6, 6.07) is 5.63. The number of aryl methyl sites for hydroxylation is 2. The lowest BCUT2D eigenvalue weighted by Gasteiger charge is -2.05. The van der Waals surface area contributed by atoms with E-state index in [9.17, 15) is 9.59 Å². The Morgan fingerprint density at radius 3 is 3.11 bits per heavy atom. The number of thiophene rings is 1. The van der Waals surface area contributed by atoms with Crippen LogP contribution in [0.2, 0.25) is 0 Å². The molecule has 140 valence electrons. The number of thioether (sulfide) groups is 1. The number of carbonyl (C=O) groups is 1. The van der Waals surface area contributed by atoms with E-state index in [1.54, 1.807) is 29.3 Å². The van der Waals surface area contributed by atoms with Gasteiger partial charge < -0.3 is 10.3 Å². The van der Waals surface area contributed by atoms with Crippen LogP contribution in [0.3, 0.4) is 0 Å². The maximum atomic E-state index is 12.4. The molecule has 1 amide bonds. The number of rotatable bonds is 7. The number of nitrogens with zero attached hydrogens (tertiary/aromatic N) is 2.